The molecule has 0 saturated heterocycles. The number of aromatic nitrogens is 3. The van der Waals surface area contributed by atoms with Crippen molar-refractivity contribution in [1.82, 2.24) is 14.9 Å². The highest BCUT2D eigenvalue weighted by atomic mass is 79.9. The van der Waals surface area contributed by atoms with E-state index in [1.807, 2.05) is 54.6 Å². The number of carbonyl (C=O) groups excluding carboxylic acids is 1. The molecule has 1 aromatic heterocycles. The Hall–Kier alpha value is -3.37. The topological polar surface area (TPSA) is 81.1 Å². The molecule has 3 aromatic carbocycles. The quantitative estimate of drug-likeness (QED) is 0.352. The lowest BCUT2D eigenvalue weighted by molar-refractivity contribution is -0.116. The van der Waals surface area contributed by atoms with Gasteiger partial charge >= 0.3 is 0 Å². The van der Waals surface area contributed by atoms with E-state index < -0.39 is 11.3 Å². The molecule has 2 N–H and O–H groups in total. The minimum Gasteiger partial charge on any atom is -0.486 e. The van der Waals surface area contributed by atoms with Gasteiger partial charge in [-0.05, 0) is 54.1 Å². The second-order valence-electron chi connectivity index (χ2n) is 7.53. The molecule has 0 bridgehead atoms. The van der Waals surface area contributed by atoms with Crippen LogP contribution in [0, 0.1) is 5.82 Å². The molecule has 10 heteroatoms. The Kier molecular flexibility index (Phi) is 6.50. The molecule has 2 unspecified atom stereocenters. The number of rotatable bonds is 6. The normalized spacial score (nSPS) is 16.9. The Morgan fingerprint density at radius 2 is 1.79 bits per heavy atom. The van der Waals surface area contributed by atoms with Gasteiger partial charge in [-0.1, -0.05) is 58.0 Å². The summed E-state index contributed by atoms with van der Waals surface area (Å²) >= 11 is 4.69. The number of halogens is 2. The highest BCUT2D eigenvalue weighted by Crippen LogP contribution is 2.37. The third kappa shape index (κ3) is 4.92. The van der Waals surface area contributed by atoms with Crippen LogP contribution in [0.25, 0.3) is 0 Å². The molecule has 4 aromatic rings. The van der Waals surface area contributed by atoms with Crippen LogP contribution in [0.3, 0.4) is 0 Å². The van der Waals surface area contributed by atoms with Crippen LogP contribution in [-0.4, -0.2) is 26.0 Å². The summed E-state index contributed by atoms with van der Waals surface area (Å²) in [4.78, 5) is 13.3. The van der Waals surface area contributed by atoms with Crippen LogP contribution in [0.5, 0.6) is 5.75 Å². The minimum atomic E-state index is -0.575. The average molecular weight is 540 g/mol. The van der Waals surface area contributed by atoms with E-state index in [1.54, 1.807) is 16.8 Å². The van der Waals surface area contributed by atoms with Gasteiger partial charge in [0.2, 0.25) is 11.1 Å². The van der Waals surface area contributed by atoms with E-state index in [0.717, 1.165) is 10.0 Å². The molecule has 0 fully saturated rings. The van der Waals surface area contributed by atoms with Crippen molar-refractivity contribution < 1.29 is 13.9 Å². The molecule has 7 nitrogen and oxygen atoms in total. The fraction of sp³-hybridized carbons (Fsp3) is 0.125. The summed E-state index contributed by atoms with van der Waals surface area (Å²) in [7, 11) is 0. The highest BCUT2D eigenvalue weighted by molar-refractivity contribution is 9.10. The average Bonchev–Trinajstić information content (AvgIpc) is 3.26. The van der Waals surface area contributed by atoms with E-state index in [0.29, 0.717) is 22.4 Å². The third-order valence-electron chi connectivity index (χ3n) is 5.21. The number of nitrogens with zero attached hydrogens (tertiary/aromatic N) is 3. The molecule has 1 aliphatic heterocycles. The van der Waals surface area contributed by atoms with Gasteiger partial charge in [-0.15, -0.1) is 10.2 Å². The van der Waals surface area contributed by atoms with Gasteiger partial charge in [0.25, 0.3) is 0 Å². The van der Waals surface area contributed by atoms with Crippen molar-refractivity contribution in [1.29, 1.82) is 0 Å². The lowest BCUT2D eigenvalue weighted by Gasteiger charge is -2.33. The first-order valence-electron chi connectivity index (χ1n) is 10.4. The van der Waals surface area contributed by atoms with E-state index in [-0.39, 0.29) is 18.3 Å². The van der Waals surface area contributed by atoms with Crippen LogP contribution in [0.4, 0.5) is 10.1 Å². The monoisotopic (exact) mass is 539 g/mol. The number of hydrogen-bond donors (Lipinski definition) is 2. The van der Waals surface area contributed by atoms with Crippen molar-refractivity contribution in [2.24, 2.45) is 0 Å². The van der Waals surface area contributed by atoms with Crippen LogP contribution in [0.15, 0.2) is 88.5 Å². The smallest absolute Gasteiger partial charge is 0.240 e. The number of fused-ring (bicyclic) bond motifs is 1. The number of ether oxygens (including phenoxy) is 1. The number of carbonyl (C=O) groups is 1. The second-order valence-corrected chi connectivity index (χ2v) is 9.55. The first-order valence-corrected chi connectivity index (χ1v) is 12.1. The van der Waals surface area contributed by atoms with Gasteiger partial charge < -0.3 is 15.5 Å². The maximum atomic E-state index is 13.6. The van der Waals surface area contributed by atoms with Crippen molar-refractivity contribution >= 4 is 39.3 Å². The van der Waals surface area contributed by atoms with Crippen LogP contribution < -0.4 is 15.5 Å². The summed E-state index contributed by atoms with van der Waals surface area (Å²) in [5.41, 5.74) is 4.78. The maximum absolute atomic E-state index is 13.6. The lowest BCUT2D eigenvalue weighted by Crippen LogP contribution is -2.41. The number of nitrogens with one attached hydrogen (secondary N) is 2. The van der Waals surface area contributed by atoms with E-state index in [1.165, 1.54) is 23.9 Å². The highest BCUT2D eigenvalue weighted by Gasteiger charge is 2.38. The summed E-state index contributed by atoms with van der Waals surface area (Å²) in [5.74, 6) is 0.728. The number of hydrogen-bond acceptors (Lipinski definition) is 6. The van der Waals surface area contributed by atoms with Crippen LogP contribution in [0.1, 0.15) is 17.4 Å². The molecule has 1 aliphatic rings. The van der Waals surface area contributed by atoms with Crippen LogP contribution >= 0.6 is 27.7 Å². The summed E-state index contributed by atoms with van der Waals surface area (Å²) in [5, 5.41) is 11.4. The molecular formula is C24H19BrFN5O2S. The molecule has 5 rings (SSSR count). The molecule has 0 spiro atoms. The SMILES string of the molecule is O=C(Nc1ccc(Br)cc1)C1Sc2nnc(COc3ccccc3)n2NC1c1ccc(F)cc1. The fourth-order valence-electron chi connectivity index (χ4n) is 3.52. The zero-order valence-electron chi connectivity index (χ0n) is 17.7. The molecule has 2 atom stereocenters. The zero-order valence-corrected chi connectivity index (χ0v) is 20.1. The van der Waals surface area contributed by atoms with Crippen molar-refractivity contribution in [3.8, 4) is 5.75 Å². The summed E-state index contributed by atoms with van der Waals surface area (Å²) in [6.45, 7) is 0.191. The van der Waals surface area contributed by atoms with Crippen LogP contribution in [0.2, 0.25) is 0 Å². The standard InChI is InChI=1S/C24H19BrFN5O2S/c25-16-8-12-18(13-9-16)27-23(32)22-21(15-6-10-17(26)11-7-15)30-31-20(28-29-24(31)34-22)14-33-19-4-2-1-3-5-19/h1-13,21-22,30H,14H2,(H,27,32). The number of thioether (sulfide) groups is 1. The van der Waals surface area contributed by atoms with E-state index in [9.17, 15) is 9.18 Å². The molecule has 34 heavy (non-hydrogen) atoms. The van der Waals surface area contributed by atoms with Gasteiger partial charge in [0.15, 0.2) is 5.82 Å². The van der Waals surface area contributed by atoms with E-state index in [2.05, 4.69) is 36.9 Å². The van der Waals surface area contributed by atoms with Gasteiger partial charge in [0.1, 0.15) is 23.4 Å². The Balaban J connectivity index is 1.41. The Morgan fingerprint density at radius 3 is 2.53 bits per heavy atom. The van der Waals surface area contributed by atoms with Gasteiger partial charge in [-0.3, -0.25) is 4.79 Å². The minimum absolute atomic E-state index is 0.191. The molecular weight excluding hydrogens is 521 g/mol. The second kappa shape index (κ2) is 9.86. The fourth-order valence-corrected chi connectivity index (χ4v) is 4.89. The number of anilines is 1. The van der Waals surface area contributed by atoms with Gasteiger partial charge in [0, 0.05) is 10.2 Å². The molecule has 0 aliphatic carbocycles. The van der Waals surface area contributed by atoms with Gasteiger partial charge in [0.05, 0.1) is 6.04 Å². The van der Waals surface area contributed by atoms with Crippen molar-refractivity contribution in [3.63, 3.8) is 0 Å². The maximum Gasteiger partial charge on any atom is 0.240 e. The third-order valence-corrected chi connectivity index (χ3v) is 6.96. The Labute approximate surface area is 207 Å². The molecule has 1 amide bonds. The van der Waals surface area contributed by atoms with Crippen molar-refractivity contribution in [2.45, 2.75) is 23.1 Å². The summed E-state index contributed by atoms with van der Waals surface area (Å²) in [6.07, 6.45) is 0. The van der Waals surface area contributed by atoms with Crippen molar-refractivity contribution in [2.75, 3.05) is 10.7 Å². The van der Waals surface area contributed by atoms with Gasteiger partial charge in [-0.25, -0.2) is 9.07 Å². The zero-order chi connectivity index (χ0) is 23.5. The van der Waals surface area contributed by atoms with E-state index >= 15 is 0 Å². The van der Waals surface area contributed by atoms with Crippen LogP contribution in [-0.2, 0) is 11.4 Å². The lowest BCUT2D eigenvalue weighted by atomic mass is 10.0. The molecule has 0 radical (unpaired) electrons. The number of amides is 1. The van der Waals surface area contributed by atoms with Crippen molar-refractivity contribution in [3.05, 3.63) is 101 Å². The van der Waals surface area contributed by atoms with Gasteiger partial charge in [-0.2, -0.15) is 0 Å². The largest absolute Gasteiger partial charge is 0.486 e. The number of para-hydroxylation sites is 1. The predicted molar refractivity (Wildman–Crippen MR) is 132 cm³/mol. The molecule has 2 heterocycles. The molecule has 172 valence electrons. The molecule has 0 saturated carbocycles. The summed E-state index contributed by atoms with van der Waals surface area (Å²) < 4.78 is 22.1. The predicted octanol–water partition coefficient (Wildman–Crippen LogP) is 5.16. The van der Waals surface area contributed by atoms with E-state index in [4.69, 9.17) is 4.74 Å². The number of benzene rings is 3. The summed E-state index contributed by atoms with van der Waals surface area (Å²) in [6, 6.07) is 22.4. The first-order chi connectivity index (χ1) is 16.6. The Bertz CT molecular complexity index is 1290. The first kappa shape index (κ1) is 22.4. The Morgan fingerprint density at radius 1 is 1.06 bits per heavy atom.